The van der Waals surface area contributed by atoms with Gasteiger partial charge in [-0.05, 0) is 31.8 Å². The fraction of sp³-hybridized carbons (Fsp3) is 0.417. The Morgan fingerprint density at radius 3 is 2.69 bits per heavy atom. The van der Waals surface area contributed by atoms with Crippen LogP contribution in [-0.4, -0.2) is 32.1 Å². The summed E-state index contributed by atoms with van der Waals surface area (Å²) >= 11 is 3.43. The molecule has 0 N–H and O–H groups in total. The van der Waals surface area contributed by atoms with Crippen LogP contribution in [0, 0.1) is 0 Å². The molecule has 1 aromatic rings. The lowest BCUT2D eigenvalue weighted by atomic mass is 10.0. The minimum Gasteiger partial charge on any atom is -0.469 e. The van der Waals surface area contributed by atoms with E-state index < -0.39 is 0 Å². The van der Waals surface area contributed by atoms with Gasteiger partial charge >= 0.3 is 5.97 Å². The molecule has 0 fully saturated rings. The molecule has 88 valence electrons. The van der Waals surface area contributed by atoms with Gasteiger partial charge in [0.25, 0.3) is 0 Å². The molecular weight excluding hydrogens is 270 g/mol. The van der Waals surface area contributed by atoms with Crippen LogP contribution in [0.25, 0.3) is 0 Å². The molecule has 1 atom stereocenters. The number of ether oxygens (including phenoxy) is 1. The molecule has 0 aliphatic carbocycles. The number of hydrogen-bond donors (Lipinski definition) is 0. The van der Waals surface area contributed by atoms with Crippen LogP contribution in [0.4, 0.5) is 0 Å². The molecule has 1 rings (SSSR count). The quantitative estimate of drug-likeness (QED) is 0.797. The van der Waals surface area contributed by atoms with Gasteiger partial charge in [0, 0.05) is 10.5 Å². The zero-order valence-corrected chi connectivity index (χ0v) is 11.3. The van der Waals surface area contributed by atoms with E-state index in [9.17, 15) is 4.79 Å². The highest BCUT2D eigenvalue weighted by molar-refractivity contribution is 9.10. The van der Waals surface area contributed by atoms with E-state index >= 15 is 0 Å². The molecule has 0 spiro atoms. The van der Waals surface area contributed by atoms with Crippen molar-refractivity contribution in [1.82, 2.24) is 4.90 Å². The monoisotopic (exact) mass is 285 g/mol. The van der Waals surface area contributed by atoms with E-state index in [1.54, 1.807) is 0 Å². The van der Waals surface area contributed by atoms with Gasteiger partial charge in [-0.2, -0.15) is 0 Å². The number of benzene rings is 1. The first kappa shape index (κ1) is 13.2. The van der Waals surface area contributed by atoms with Crippen LogP contribution in [0.2, 0.25) is 0 Å². The van der Waals surface area contributed by atoms with E-state index in [2.05, 4.69) is 15.9 Å². The maximum absolute atomic E-state index is 11.3. The molecule has 0 bridgehead atoms. The molecule has 0 heterocycles. The van der Waals surface area contributed by atoms with Crippen LogP contribution < -0.4 is 0 Å². The number of hydrogen-bond acceptors (Lipinski definition) is 3. The third-order valence-corrected chi connectivity index (χ3v) is 2.94. The van der Waals surface area contributed by atoms with Crippen molar-refractivity contribution in [1.29, 1.82) is 0 Å². The standard InChI is InChI=1S/C12H16BrNO2/c1-14(2)11(8-12(15)16-3)9-5-4-6-10(13)7-9/h4-7,11H,8H2,1-3H3. The maximum atomic E-state index is 11.3. The van der Waals surface area contributed by atoms with Gasteiger partial charge < -0.3 is 9.64 Å². The lowest BCUT2D eigenvalue weighted by Crippen LogP contribution is -2.23. The number of halogens is 1. The zero-order chi connectivity index (χ0) is 12.1. The van der Waals surface area contributed by atoms with Crippen molar-refractivity contribution in [2.45, 2.75) is 12.5 Å². The van der Waals surface area contributed by atoms with Gasteiger partial charge in [-0.15, -0.1) is 0 Å². The summed E-state index contributed by atoms with van der Waals surface area (Å²) in [6, 6.07) is 8.01. The number of carbonyl (C=O) groups excluding carboxylic acids is 1. The van der Waals surface area contributed by atoms with Crippen molar-refractivity contribution < 1.29 is 9.53 Å². The second-order valence-corrected chi connectivity index (χ2v) is 4.73. The summed E-state index contributed by atoms with van der Waals surface area (Å²) in [5, 5.41) is 0. The normalized spacial score (nSPS) is 12.6. The third kappa shape index (κ3) is 3.61. The second kappa shape index (κ2) is 6.01. The highest BCUT2D eigenvalue weighted by Gasteiger charge is 2.18. The van der Waals surface area contributed by atoms with Gasteiger partial charge in [-0.25, -0.2) is 0 Å². The predicted molar refractivity (Wildman–Crippen MR) is 67.2 cm³/mol. The molecule has 1 unspecified atom stereocenters. The summed E-state index contributed by atoms with van der Waals surface area (Å²) in [7, 11) is 5.32. The van der Waals surface area contributed by atoms with E-state index in [1.165, 1.54) is 7.11 Å². The van der Waals surface area contributed by atoms with Crippen LogP contribution in [0.1, 0.15) is 18.0 Å². The SMILES string of the molecule is COC(=O)CC(c1cccc(Br)c1)N(C)C. The first-order valence-electron chi connectivity index (χ1n) is 5.03. The van der Waals surface area contributed by atoms with Crippen molar-refractivity contribution >= 4 is 21.9 Å². The molecule has 3 nitrogen and oxygen atoms in total. The van der Waals surface area contributed by atoms with Gasteiger partial charge in [0.15, 0.2) is 0 Å². The van der Waals surface area contributed by atoms with E-state index in [0.717, 1.165) is 10.0 Å². The number of rotatable bonds is 4. The highest BCUT2D eigenvalue weighted by Crippen LogP contribution is 2.24. The Balaban J connectivity index is 2.89. The van der Waals surface area contributed by atoms with E-state index in [-0.39, 0.29) is 12.0 Å². The first-order chi connectivity index (χ1) is 7.54. The molecule has 0 saturated heterocycles. The first-order valence-corrected chi connectivity index (χ1v) is 5.82. The Morgan fingerprint density at radius 1 is 1.50 bits per heavy atom. The lowest BCUT2D eigenvalue weighted by molar-refractivity contribution is -0.141. The van der Waals surface area contributed by atoms with Crippen molar-refractivity contribution in [3.8, 4) is 0 Å². The van der Waals surface area contributed by atoms with E-state index in [0.29, 0.717) is 6.42 Å². The second-order valence-electron chi connectivity index (χ2n) is 3.81. The summed E-state index contributed by atoms with van der Waals surface area (Å²) < 4.78 is 5.72. The molecule has 0 aromatic heterocycles. The van der Waals surface area contributed by atoms with Crippen LogP contribution in [0.5, 0.6) is 0 Å². The van der Waals surface area contributed by atoms with Crippen LogP contribution in [-0.2, 0) is 9.53 Å². The summed E-state index contributed by atoms with van der Waals surface area (Å²) in [5.41, 5.74) is 1.10. The van der Waals surface area contributed by atoms with Crippen molar-refractivity contribution in [3.63, 3.8) is 0 Å². The smallest absolute Gasteiger partial charge is 0.307 e. The van der Waals surface area contributed by atoms with Crippen molar-refractivity contribution in [3.05, 3.63) is 34.3 Å². The molecule has 0 amide bonds. The fourth-order valence-corrected chi connectivity index (χ4v) is 1.97. The molecule has 0 saturated carbocycles. The Kier molecular flexibility index (Phi) is 4.96. The minimum absolute atomic E-state index is 0.0462. The minimum atomic E-state index is -0.196. The molecule has 0 aliphatic heterocycles. The highest BCUT2D eigenvalue weighted by atomic mass is 79.9. The van der Waals surface area contributed by atoms with Gasteiger partial charge in [0.1, 0.15) is 0 Å². The topological polar surface area (TPSA) is 29.5 Å². The van der Waals surface area contributed by atoms with Crippen LogP contribution in [0.15, 0.2) is 28.7 Å². The molecule has 0 aliphatic rings. The van der Waals surface area contributed by atoms with E-state index in [1.807, 2.05) is 43.3 Å². The number of esters is 1. The Morgan fingerprint density at radius 2 is 2.19 bits per heavy atom. The number of carbonyl (C=O) groups is 1. The number of nitrogens with zero attached hydrogens (tertiary/aromatic N) is 1. The summed E-state index contributed by atoms with van der Waals surface area (Å²) in [6.07, 6.45) is 0.361. The molecular formula is C12H16BrNO2. The fourth-order valence-electron chi connectivity index (χ4n) is 1.55. The summed E-state index contributed by atoms with van der Waals surface area (Å²) in [4.78, 5) is 13.3. The van der Waals surface area contributed by atoms with Gasteiger partial charge in [-0.1, -0.05) is 28.1 Å². The van der Waals surface area contributed by atoms with Crippen molar-refractivity contribution in [2.24, 2.45) is 0 Å². The Labute approximate surface area is 105 Å². The molecule has 0 radical (unpaired) electrons. The summed E-state index contributed by atoms with van der Waals surface area (Å²) in [5.74, 6) is -0.196. The van der Waals surface area contributed by atoms with Crippen LogP contribution >= 0.6 is 15.9 Å². The largest absolute Gasteiger partial charge is 0.469 e. The average Bonchev–Trinajstić information content (AvgIpc) is 2.25. The molecule has 4 heteroatoms. The predicted octanol–water partition coefficient (Wildman–Crippen LogP) is 2.61. The lowest BCUT2D eigenvalue weighted by Gasteiger charge is -2.23. The van der Waals surface area contributed by atoms with Crippen molar-refractivity contribution in [2.75, 3.05) is 21.2 Å². The van der Waals surface area contributed by atoms with Gasteiger partial charge in [-0.3, -0.25) is 4.79 Å². The number of methoxy groups -OCH3 is 1. The van der Waals surface area contributed by atoms with Crippen LogP contribution in [0.3, 0.4) is 0 Å². The molecule has 16 heavy (non-hydrogen) atoms. The van der Waals surface area contributed by atoms with Gasteiger partial charge in [0.05, 0.1) is 13.5 Å². The third-order valence-electron chi connectivity index (χ3n) is 2.44. The van der Waals surface area contributed by atoms with Gasteiger partial charge in [0.2, 0.25) is 0 Å². The van der Waals surface area contributed by atoms with E-state index in [4.69, 9.17) is 4.74 Å². The average molecular weight is 286 g/mol. The maximum Gasteiger partial charge on any atom is 0.307 e. The summed E-state index contributed by atoms with van der Waals surface area (Å²) in [6.45, 7) is 0. The molecule has 1 aromatic carbocycles. The zero-order valence-electron chi connectivity index (χ0n) is 9.74. The Bertz CT molecular complexity index is 366. The Hall–Kier alpha value is -0.870.